The van der Waals surface area contributed by atoms with Crippen molar-refractivity contribution in [2.45, 2.75) is 0 Å². The van der Waals surface area contributed by atoms with Crippen LogP contribution in [-0.2, 0) is 0 Å². The first-order chi connectivity index (χ1) is 16.6. The number of aromatic hydroxyl groups is 1. The molecule has 0 fully saturated rings. The molecule has 0 saturated carbocycles. The number of benzene rings is 4. The Hall–Kier alpha value is -3.79. The fraction of sp³-hybridized carbons (Fsp3) is 0. The van der Waals surface area contributed by atoms with Crippen LogP contribution in [0.4, 0.5) is 5.69 Å². The van der Waals surface area contributed by atoms with Crippen molar-refractivity contribution in [3.8, 4) is 34.0 Å². The SMILES string of the molecule is Oc1ccc(Cl)cc1N=Cc1cc(-c2ccccc2)n(-c2ccc(Cl)cc2)c1-c1ccccc1. The lowest BCUT2D eigenvalue weighted by Gasteiger charge is -2.15. The van der Waals surface area contributed by atoms with Gasteiger partial charge in [0.1, 0.15) is 11.4 Å². The van der Waals surface area contributed by atoms with Crippen molar-refractivity contribution in [2.24, 2.45) is 4.99 Å². The summed E-state index contributed by atoms with van der Waals surface area (Å²) in [5.41, 5.74) is 6.39. The van der Waals surface area contributed by atoms with Crippen LogP contribution in [0.25, 0.3) is 28.2 Å². The molecule has 0 aliphatic carbocycles. The van der Waals surface area contributed by atoms with Gasteiger partial charge in [0, 0.05) is 27.5 Å². The number of nitrogens with zero attached hydrogens (tertiary/aromatic N) is 2. The van der Waals surface area contributed by atoms with Crippen molar-refractivity contribution in [2.75, 3.05) is 0 Å². The van der Waals surface area contributed by atoms with Crippen molar-refractivity contribution in [1.82, 2.24) is 4.57 Å². The van der Waals surface area contributed by atoms with Crippen LogP contribution in [0, 0.1) is 0 Å². The number of phenolic OH excluding ortho intramolecular Hbond substituents is 1. The summed E-state index contributed by atoms with van der Waals surface area (Å²) in [5.74, 6) is 0.0716. The minimum Gasteiger partial charge on any atom is -0.506 e. The Balaban J connectivity index is 1.78. The zero-order valence-electron chi connectivity index (χ0n) is 18.1. The molecule has 1 aromatic heterocycles. The van der Waals surface area contributed by atoms with Gasteiger partial charge in [-0.25, -0.2) is 0 Å². The van der Waals surface area contributed by atoms with Crippen LogP contribution in [0.3, 0.4) is 0 Å². The van der Waals surface area contributed by atoms with E-state index in [0.717, 1.165) is 33.8 Å². The van der Waals surface area contributed by atoms with Crippen LogP contribution in [0.5, 0.6) is 5.75 Å². The Morgan fingerprint density at radius 1 is 0.676 bits per heavy atom. The van der Waals surface area contributed by atoms with Crippen LogP contribution in [0.15, 0.2) is 114 Å². The molecular formula is C29H20Cl2N2O. The third-order valence-corrected chi connectivity index (χ3v) is 6.00. The van der Waals surface area contributed by atoms with E-state index in [1.807, 2.05) is 60.7 Å². The lowest BCUT2D eigenvalue weighted by Crippen LogP contribution is -2.00. The van der Waals surface area contributed by atoms with E-state index in [2.05, 4.69) is 39.9 Å². The van der Waals surface area contributed by atoms with Crippen LogP contribution in [0.2, 0.25) is 10.0 Å². The first kappa shape index (κ1) is 22.0. The van der Waals surface area contributed by atoms with Gasteiger partial charge in [-0.05, 0) is 59.7 Å². The largest absolute Gasteiger partial charge is 0.506 e. The summed E-state index contributed by atoms with van der Waals surface area (Å²) in [5, 5.41) is 11.4. The summed E-state index contributed by atoms with van der Waals surface area (Å²) in [7, 11) is 0. The number of hydrogen-bond donors (Lipinski definition) is 1. The number of hydrogen-bond acceptors (Lipinski definition) is 2. The second-order valence-corrected chi connectivity index (χ2v) is 8.64. The molecule has 5 heteroatoms. The highest BCUT2D eigenvalue weighted by atomic mass is 35.5. The van der Waals surface area contributed by atoms with Crippen molar-refractivity contribution < 1.29 is 5.11 Å². The molecule has 1 heterocycles. The van der Waals surface area contributed by atoms with Crippen molar-refractivity contribution in [1.29, 1.82) is 0 Å². The van der Waals surface area contributed by atoms with E-state index in [-0.39, 0.29) is 5.75 Å². The predicted octanol–water partition coefficient (Wildman–Crippen LogP) is 8.57. The van der Waals surface area contributed by atoms with Gasteiger partial charge in [0.2, 0.25) is 0 Å². The number of aromatic nitrogens is 1. The molecule has 1 N–H and O–H groups in total. The standard InChI is InChI=1S/C29H20Cl2N2O/c30-23-11-14-25(15-12-23)33-27(20-7-3-1-4-8-20)17-22(29(33)21-9-5-2-6-10-21)19-32-26-18-24(31)13-16-28(26)34/h1-19,34H. The second kappa shape index (κ2) is 9.60. The minimum atomic E-state index is 0.0716. The molecule has 0 aliphatic rings. The Morgan fingerprint density at radius 2 is 1.29 bits per heavy atom. The average Bonchev–Trinajstić information content (AvgIpc) is 3.25. The molecular weight excluding hydrogens is 463 g/mol. The lowest BCUT2D eigenvalue weighted by molar-refractivity contribution is 0.477. The number of rotatable bonds is 5. The monoisotopic (exact) mass is 482 g/mol. The first-order valence-corrected chi connectivity index (χ1v) is 11.5. The van der Waals surface area contributed by atoms with E-state index in [9.17, 15) is 5.11 Å². The van der Waals surface area contributed by atoms with Crippen molar-refractivity contribution in [3.05, 3.63) is 125 Å². The molecule has 166 valence electrons. The fourth-order valence-electron chi connectivity index (χ4n) is 3.94. The van der Waals surface area contributed by atoms with Crippen LogP contribution in [-0.4, -0.2) is 15.9 Å². The zero-order chi connectivity index (χ0) is 23.5. The lowest BCUT2D eigenvalue weighted by atomic mass is 10.1. The normalized spacial score (nSPS) is 11.2. The maximum Gasteiger partial charge on any atom is 0.141 e. The molecule has 0 amide bonds. The van der Waals surface area contributed by atoms with E-state index in [0.29, 0.717) is 15.7 Å². The molecule has 4 aromatic carbocycles. The molecule has 0 saturated heterocycles. The average molecular weight is 483 g/mol. The second-order valence-electron chi connectivity index (χ2n) is 7.77. The molecule has 0 spiro atoms. The van der Waals surface area contributed by atoms with E-state index in [4.69, 9.17) is 23.2 Å². The molecule has 0 unspecified atom stereocenters. The van der Waals surface area contributed by atoms with Gasteiger partial charge in [0.25, 0.3) is 0 Å². The molecule has 34 heavy (non-hydrogen) atoms. The molecule has 5 aromatic rings. The van der Waals surface area contributed by atoms with E-state index in [1.165, 1.54) is 0 Å². The van der Waals surface area contributed by atoms with Crippen molar-refractivity contribution >= 4 is 35.1 Å². The Kier molecular flexibility index (Phi) is 6.22. The number of halogens is 2. The summed E-state index contributed by atoms with van der Waals surface area (Å²) >= 11 is 12.3. The van der Waals surface area contributed by atoms with Crippen LogP contribution >= 0.6 is 23.2 Å². The number of aliphatic imine (C=N–C) groups is 1. The zero-order valence-corrected chi connectivity index (χ0v) is 19.6. The van der Waals surface area contributed by atoms with E-state index >= 15 is 0 Å². The maximum atomic E-state index is 10.3. The van der Waals surface area contributed by atoms with Crippen molar-refractivity contribution in [3.63, 3.8) is 0 Å². The summed E-state index contributed by atoms with van der Waals surface area (Å²) in [6.45, 7) is 0. The Morgan fingerprint density at radius 3 is 1.97 bits per heavy atom. The smallest absolute Gasteiger partial charge is 0.141 e. The van der Waals surface area contributed by atoms with Gasteiger partial charge in [-0.2, -0.15) is 0 Å². The van der Waals surface area contributed by atoms with Gasteiger partial charge in [0.15, 0.2) is 0 Å². The molecule has 0 radical (unpaired) electrons. The highest BCUT2D eigenvalue weighted by molar-refractivity contribution is 6.31. The van der Waals surface area contributed by atoms with E-state index in [1.54, 1.807) is 24.4 Å². The fourth-order valence-corrected chi connectivity index (χ4v) is 4.23. The molecule has 0 aliphatic heterocycles. The van der Waals surface area contributed by atoms with Crippen LogP contribution < -0.4 is 0 Å². The molecule has 0 bridgehead atoms. The molecule has 5 rings (SSSR count). The summed E-state index contributed by atoms with van der Waals surface area (Å²) in [4.78, 5) is 4.59. The van der Waals surface area contributed by atoms with Gasteiger partial charge in [-0.1, -0.05) is 83.9 Å². The van der Waals surface area contributed by atoms with E-state index < -0.39 is 0 Å². The minimum absolute atomic E-state index is 0.0716. The van der Waals surface area contributed by atoms with Gasteiger partial charge >= 0.3 is 0 Å². The Bertz CT molecular complexity index is 1460. The summed E-state index contributed by atoms with van der Waals surface area (Å²) in [6.07, 6.45) is 1.77. The van der Waals surface area contributed by atoms with Gasteiger partial charge in [-0.15, -0.1) is 0 Å². The number of phenols is 1. The highest BCUT2D eigenvalue weighted by Gasteiger charge is 2.18. The Labute approximate surface area is 208 Å². The third-order valence-electron chi connectivity index (χ3n) is 5.51. The first-order valence-electron chi connectivity index (χ1n) is 10.8. The van der Waals surface area contributed by atoms with Crippen LogP contribution in [0.1, 0.15) is 5.56 Å². The quantitative estimate of drug-likeness (QED) is 0.250. The van der Waals surface area contributed by atoms with Gasteiger partial charge in [-0.3, -0.25) is 4.99 Å². The topological polar surface area (TPSA) is 37.5 Å². The maximum absolute atomic E-state index is 10.3. The van der Waals surface area contributed by atoms with Gasteiger partial charge in [0.05, 0.1) is 11.4 Å². The summed E-state index contributed by atoms with van der Waals surface area (Å²) < 4.78 is 2.21. The summed E-state index contributed by atoms with van der Waals surface area (Å²) in [6, 6.07) is 35.1. The predicted molar refractivity (Wildman–Crippen MR) is 142 cm³/mol. The van der Waals surface area contributed by atoms with Gasteiger partial charge < -0.3 is 9.67 Å². The third kappa shape index (κ3) is 4.49. The molecule has 3 nitrogen and oxygen atoms in total. The highest BCUT2D eigenvalue weighted by Crippen LogP contribution is 2.36. The molecule has 0 atom stereocenters.